The highest BCUT2D eigenvalue weighted by Crippen LogP contribution is 2.18. The summed E-state index contributed by atoms with van der Waals surface area (Å²) in [6.07, 6.45) is 4.35. The Morgan fingerprint density at radius 3 is 2.92 bits per heavy atom. The molecule has 0 fully saturated rings. The summed E-state index contributed by atoms with van der Waals surface area (Å²) in [5.74, 6) is -0.0615. The van der Waals surface area contributed by atoms with E-state index in [1.165, 1.54) is 11.1 Å². The summed E-state index contributed by atoms with van der Waals surface area (Å²) in [6, 6.07) is 10.3. The summed E-state index contributed by atoms with van der Waals surface area (Å²) in [5.41, 5.74) is 2.73. The maximum Gasteiger partial charge on any atom is 0.221 e. The summed E-state index contributed by atoms with van der Waals surface area (Å²) in [5, 5.41) is 17.0. The van der Waals surface area contributed by atoms with E-state index in [0.29, 0.717) is 19.5 Å². The van der Waals surface area contributed by atoms with Crippen molar-refractivity contribution >= 4 is 5.91 Å². The number of carbonyl (C=O) groups excluding carboxylic acids is 1. The van der Waals surface area contributed by atoms with Crippen molar-refractivity contribution in [3.05, 3.63) is 53.9 Å². The van der Waals surface area contributed by atoms with Crippen molar-refractivity contribution in [3.63, 3.8) is 0 Å². The molecule has 1 unspecified atom stereocenters. The third-order valence-electron chi connectivity index (χ3n) is 4.34. The Kier molecular flexibility index (Phi) is 5.61. The second-order valence-electron chi connectivity index (χ2n) is 6.23. The van der Waals surface area contributed by atoms with E-state index >= 15 is 0 Å². The normalized spacial score (nSPS) is 15.7. The number of rotatable bonds is 7. The van der Waals surface area contributed by atoms with Crippen LogP contribution >= 0.6 is 0 Å². The van der Waals surface area contributed by atoms with Crippen LogP contribution in [0, 0.1) is 0 Å². The molecule has 1 atom stereocenters. The number of fused-ring (bicyclic) bond motifs is 1. The number of benzene rings is 1. The van der Waals surface area contributed by atoms with E-state index in [-0.39, 0.29) is 12.5 Å². The minimum atomic E-state index is -0.552. The van der Waals surface area contributed by atoms with E-state index in [9.17, 15) is 9.90 Å². The van der Waals surface area contributed by atoms with Crippen LogP contribution in [0.15, 0.2) is 42.7 Å². The summed E-state index contributed by atoms with van der Waals surface area (Å²) in [7, 11) is 0. The monoisotopic (exact) mass is 328 g/mol. The van der Waals surface area contributed by atoms with Crippen molar-refractivity contribution in [2.75, 3.05) is 19.6 Å². The zero-order valence-corrected chi connectivity index (χ0v) is 13.8. The summed E-state index contributed by atoms with van der Waals surface area (Å²) >= 11 is 0. The summed E-state index contributed by atoms with van der Waals surface area (Å²) in [4.78, 5) is 14.1. The van der Waals surface area contributed by atoms with Crippen LogP contribution in [0.3, 0.4) is 0 Å². The Labute approximate surface area is 142 Å². The molecule has 128 valence electrons. The number of hydrogen-bond acceptors (Lipinski definition) is 4. The molecule has 0 saturated carbocycles. The number of nitrogens with zero attached hydrogens (tertiary/aromatic N) is 3. The maximum absolute atomic E-state index is 11.8. The molecule has 1 aliphatic rings. The van der Waals surface area contributed by atoms with Gasteiger partial charge in [0.1, 0.15) is 0 Å². The van der Waals surface area contributed by atoms with E-state index in [1.807, 2.05) is 12.3 Å². The van der Waals surface area contributed by atoms with Gasteiger partial charge in [-0.1, -0.05) is 24.3 Å². The Bertz CT molecular complexity index is 657. The van der Waals surface area contributed by atoms with Gasteiger partial charge in [0.25, 0.3) is 0 Å². The van der Waals surface area contributed by atoms with Gasteiger partial charge in [-0.05, 0) is 23.6 Å². The van der Waals surface area contributed by atoms with Gasteiger partial charge >= 0.3 is 0 Å². The Hall–Kier alpha value is -2.18. The Morgan fingerprint density at radius 2 is 2.12 bits per heavy atom. The van der Waals surface area contributed by atoms with Gasteiger partial charge in [0, 0.05) is 51.5 Å². The lowest BCUT2D eigenvalue weighted by Gasteiger charge is -2.30. The molecule has 24 heavy (non-hydrogen) atoms. The summed E-state index contributed by atoms with van der Waals surface area (Å²) in [6.45, 7) is 3.23. The van der Waals surface area contributed by atoms with E-state index < -0.39 is 6.10 Å². The molecule has 1 aromatic carbocycles. The molecule has 1 amide bonds. The fourth-order valence-electron chi connectivity index (χ4n) is 3.04. The molecule has 2 N–H and O–H groups in total. The molecular formula is C18H24N4O2. The first-order valence-corrected chi connectivity index (χ1v) is 8.42. The van der Waals surface area contributed by atoms with Crippen LogP contribution in [0.1, 0.15) is 17.5 Å². The first kappa shape index (κ1) is 16.7. The van der Waals surface area contributed by atoms with E-state index in [2.05, 4.69) is 39.6 Å². The molecule has 0 spiro atoms. The SMILES string of the molecule is O=C(CCn1cccn1)NCC(O)CN1CCc2ccccc2C1. The Balaban J connectivity index is 1.37. The van der Waals surface area contributed by atoms with Crippen molar-refractivity contribution in [2.45, 2.75) is 32.0 Å². The minimum absolute atomic E-state index is 0.0615. The predicted octanol–water partition coefficient (Wildman–Crippen LogP) is 0.809. The van der Waals surface area contributed by atoms with Crippen molar-refractivity contribution in [2.24, 2.45) is 0 Å². The van der Waals surface area contributed by atoms with Gasteiger partial charge in [-0.2, -0.15) is 5.10 Å². The largest absolute Gasteiger partial charge is 0.390 e. The van der Waals surface area contributed by atoms with E-state index in [4.69, 9.17) is 0 Å². The van der Waals surface area contributed by atoms with Gasteiger partial charge in [0.2, 0.25) is 5.91 Å². The lowest BCUT2D eigenvalue weighted by Crippen LogP contribution is -2.42. The average molecular weight is 328 g/mol. The molecule has 0 bridgehead atoms. The molecule has 0 aliphatic carbocycles. The minimum Gasteiger partial charge on any atom is -0.390 e. The zero-order chi connectivity index (χ0) is 16.8. The molecule has 0 saturated heterocycles. The van der Waals surface area contributed by atoms with Crippen molar-refractivity contribution in [1.29, 1.82) is 0 Å². The number of amides is 1. The molecule has 2 aromatic rings. The van der Waals surface area contributed by atoms with Gasteiger partial charge in [0.05, 0.1) is 6.10 Å². The molecule has 3 rings (SSSR count). The highest BCUT2D eigenvalue weighted by atomic mass is 16.3. The molecule has 6 nitrogen and oxygen atoms in total. The van der Waals surface area contributed by atoms with Crippen molar-refractivity contribution in [1.82, 2.24) is 20.0 Å². The molecular weight excluding hydrogens is 304 g/mol. The van der Waals surface area contributed by atoms with E-state index in [1.54, 1.807) is 10.9 Å². The van der Waals surface area contributed by atoms with Crippen LogP contribution in [-0.4, -0.2) is 51.4 Å². The maximum atomic E-state index is 11.8. The highest BCUT2D eigenvalue weighted by Gasteiger charge is 2.18. The van der Waals surface area contributed by atoms with Crippen LogP contribution < -0.4 is 5.32 Å². The number of aryl methyl sites for hydroxylation is 1. The smallest absolute Gasteiger partial charge is 0.221 e. The number of nitrogens with one attached hydrogen (secondary N) is 1. The average Bonchev–Trinajstić information content (AvgIpc) is 3.11. The molecule has 6 heteroatoms. The lowest BCUT2D eigenvalue weighted by atomic mass is 10.00. The third-order valence-corrected chi connectivity index (χ3v) is 4.34. The fraction of sp³-hybridized carbons (Fsp3) is 0.444. The van der Waals surface area contributed by atoms with E-state index in [0.717, 1.165) is 19.5 Å². The van der Waals surface area contributed by atoms with Gasteiger partial charge < -0.3 is 10.4 Å². The topological polar surface area (TPSA) is 70.4 Å². The van der Waals surface area contributed by atoms with Crippen LogP contribution in [0.5, 0.6) is 0 Å². The number of β-amino-alcohol motifs (C(OH)–C–C–N with tert-alkyl or cyclic N) is 1. The standard InChI is InChI=1S/C18H24N4O2/c23-17(12-19-18(24)7-11-22-9-3-8-20-22)14-21-10-6-15-4-1-2-5-16(15)13-21/h1-5,8-9,17,23H,6-7,10-14H2,(H,19,24). The number of aliphatic hydroxyl groups excluding tert-OH is 1. The van der Waals surface area contributed by atoms with Crippen molar-refractivity contribution in [3.8, 4) is 0 Å². The van der Waals surface area contributed by atoms with Crippen LogP contribution in [0.2, 0.25) is 0 Å². The van der Waals surface area contributed by atoms with Crippen LogP contribution in [0.25, 0.3) is 0 Å². The van der Waals surface area contributed by atoms with Gasteiger partial charge in [-0.3, -0.25) is 14.4 Å². The number of aromatic nitrogens is 2. The quantitative estimate of drug-likeness (QED) is 0.789. The first-order valence-electron chi connectivity index (χ1n) is 8.42. The second kappa shape index (κ2) is 8.08. The predicted molar refractivity (Wildman–Crippen MR) is 91.3 cm³/mol. The van der Waals surface area contributed by atoms with Gasteiger partial charge in [-0.15, -0.1) is 0 Å². The lowest BCUT2D eigenvalue weighted by molar-refractivity contribution is -0.121. The van der Waals surface area contributed by atoms with Crippen LogP contribution in [0.4, 0.5) is 0 Å². The summed E-state index contributed by atoms with van der Waals surface area (Å²) < 4.78 is 1.72. The van der Waals surface area contributed by atoms with Gasteiger partial charge in [-0.25, -0.2) is 0 Å². The second-order valence-corrected chi connectivity index (χ2v) is 6.23. The van der Waals surface area contributed by atoms with Crippen LogP contribution in [-0.2, 0) is 24.3 Å². The third kappa shape index (κ3) is 4.66. The Morgan fingerprint density at radius 1 is 1.29 bits per heavy atom. The van der Waals surface area contributed by atoms with Crippen molar-refractivity contribution < 1.29 is 9.90 Å². The number of hydrogen-bond donors (Lipinski definition) is 2. The molecule has 2 heterocycles. The molecule has 0 radical (unpaired) electrons. The fourth-order valence-corrected chi connectivity index (χ4v) is 3.04. The number of aliphatic hydroxyl groups is 1. The first-order chi connectivity index (χ1) is 11.7. The highest BCUT2D eigenvalue weighted by molar-refractivity contribution is 5.75. The molecule has 1 aromatic heterocycles. The zero-order valence-electron chi connectivity index (χ0n) is 13.8. The van der Waals surface area contributed by atoms with Gasteiger partial charge in [0.15, 0.2) is 0 Å². The molecule has 1 aliphatic heterocycles. The number of carbonyl (C=O) groups is 1.